The Bertz CT molecular complexity index is 537. The molecule has 0 radical (unpaired) electrons. The third-order valence-corrected chi connectivity index (χ3v) is 4.79. The molecule has 0 saturated heterocycles. The minimum Gasteiger partial charge on any atom is -0.466 e. The van der Waals surface area contributed by atoms with E-state index in [0.717, 1.165) is 38.5 Å². The topological polar surface area (TPSA) is 101 Å². The van der Waals surface area contributed by atoms with Crippen molar-refractivity contribution < 1.29 is 19.1 Å². The van der Waals surface area contributed by atoms with Crippen LogP contribution in [-0.2, 0) is 14.3 Å². The van der Waals surface area contributed by atoms with Gasteiger partial charge in [-0.3, -0.25) is 9.79 Å². The van der Waals surface area contributed by atoms with E-state index in [1.165, 1.54) is 0 Å². The first-order chi connectivity index (χ1) is 13.7. The molecule has 29 heavy (non-hydrogen) atoms. The van der Waals surface area contributed by atoms with Gasteiger partial charge in [0, 0.05) is 25.7 Å². The van der Waals surface area contributed by atoms with Gasteiger partial charge in [0.05, 0.1) is 12.5 Å². The standard InChI is InChI=1S/C21H40N4O4/c1-7-9-17(25-20(27)29-21(3,4)5)14-23-19(22-6)24-16-12-10-15(11-13-16)18(26)28-8-2/h15-17H,7-14H2,1-6H3,(H,25,27)(H2,22,23,24). The summed E-state index contributed by atoms with van der Waals surface area (Å²) in [5, 5.41) is 9.66. The Kier molecular flexibility index (Phi) is 10.8. The van der Waals surface area contributed by atoms with Crippen molar-refractivity contribution in [3.63, 3.8) is 0 Å². The van der Waals surface area contributed by atoms with E-state index in [4.69, 9.17) is 9.47 Å². The van der Waals surface area contributed by atoms with Crippen molar-refractivity contribution in [1.29, 1.82) is 0 Å². The summed E-state index contributed by atoms with van der Waals surface area (Å²) in [5.41, 5.74) is -0.520. The molecule has 3 N–H and O–H groups in total. The maximum absolute atomic E-state index is 12.1. The second-order valence-electron chi connectivity index (χ2n) is 8.53. The minimum atomic E-state index is -0.520. The number of guanidine groups is 1. The van der Waals surface area contributed by atoms with Gasteiger partial charge < -0.3 is 25.4 Å². The molecule has 1 aliphatic carbocycles. The minimum absolute atomic E-state index is 0.00920. The summed E-state index contributed by atoms with van der Waals surface area (Å²) in [6.07, 6.45) is 4.84. The third-order valence-electron chi connectivity index (χ3n) is 4.79. The van der Waals surface area contributed by atoms with Crippen molar-refractivity contribution in [2.45, 2.75) is 90.8 Å². The molecular formula is C21H40N4O4. The van der Waals surface area contributed by atoms with E-state index in [1.54, 1.807) is 7.05 Å². The SMILES string of the molecule is CCCC(CNC(=NC)NC1CCC(C(=O)OCC)CC1)NC(=O)OC(C)(C)C. The van der Waals surface area contributed by atoms with Crippen LogP contribution >= 0.6 is 0 Å². The zero-order chi connectivity index (χ0) is 21.9. The molecule has 1 aliphatic rings. The van der Waals surface area contributed by atoms with Crippen molar-refractivity contribution in [3.8, 4) is 0 Å². The van der Waals surface area contributed by atoms with E-state index in [9.17, 15) is 9.59 Å². The first kappa shape index (κ1) is 25.0. The number of nitrogens with zero attached hydrogens (tertiary/aromatic N) is 1. The highest BCUT2D eigenvalue weighted by molar-refractivity contribution is 5.80. The maximum atomic E-state index is 12.1. The number of carbonyl (C=O) groups is 2. The molecular weight excluding hydrogens is 372 g/mol. The van der Waals surface area contributed by atoms with Gasteiger partial charge in [0.15, 0.2) is 5.96 Å². The number of ether oxygens (including phenoxy) is 2. The summed E-state index contributed by atoms with van der Waals surface area (Å²) in [7, 11) is 1.73. The number of rotatable bonds is 8. The zero-order valence-corrected chi connectivity index (χ0v) is 19.0. The monoisotopic (exact) mass is 412 g/mol. The summed E-state index contributed by atoms with van der Waals surface area (Å²) in [4.78, 5) is 28.2. The molecule has 8 heteroatoms. The van der Waals surface area contributed by atoms with E-state index in [1.807, 2.05) is 27.7 Å². The Labute approximate surface area is 175 Å². The third kappa shape index (κ3) is 10.4. The van der Waals surface area contributed by atoms with Crippen LogP contribution in [-0.4, -0.2) is 55.9 Å². The number of amides is 1. The molecule has 0 bridgehead atoms. The molecule has 0 aliphatic heterocycles. The molecule has 0 heterocycles. The van der Waals surface area contributed by atoms with Crippen LogP contribution < -0.4 is 16.0 Å². The van der Waals surface area contributed by atoms with E-state index >= 15 is 0 Å². The van der Waals surface area contributed by atoms with Gasteiger partial charge in [-0.1, -0.05) is 13.3 Å². The molecule has 0 spiro atoms. The molecule has 0 aromatic heterocycles. The molecule has 1 rings (SSSR count). The average molecular weight is 413 g/mol. The number of aliphatic imine (C=N–C) groups is 1. The Hall–Kier alpha value is -1.99. The molecule has 0 aromatic rings. The molecule has 1 atom stereocenters. The summed E-state index contributed by atoms with van der Waals surface area (Å²) in [6.45, 7) is 10.5. The fraction of sp³-hybridized carbons (Fsp3) is 0.857. The number of hydrogen-bond donors (Lipinski definition) is 3. The van der Waals surface area contributed by atoms with Crippen molar-refractivity contribution in [1.82, 2.24) is 16.0 Å². The van der Waals surface area contributed by atoms with Crippen molar-refractivity contribution in [2.24, 2.45) is 10.9 Å². The number of alkyl carbamates (subject to hydrolysis) is 1. The first-order valence-corrected chi connectivity index (χ1v) is 10.8. The lowest BCUT2D eigenvalue weighted by Gasteiger charge is -2.29. The highest BCUT2D eigenvalue weighted by Gasteiger charge is 2.27. The van der Waals surface area contributed by atoms with Crippen LogP contribution in [0.2, 0.25) is 0 Å². The summed E-state index contributed by atoms with van der Waals surface area (Å²) in [6, 6.07) is 0.225. The largest absolute Gasteiger partial charge is 0.466 e. The molecule has 1 fully saturated rings. The molecule has 1 unspecified atom stereocenters. The van der Waals surface area contributed by atoms with E-state index in [2.05, 4.69) is 27.9 Å². The van der Waals surface area contributed by atoms with Crippen molar-refractivity contribution in [2.75, 3.05) is 20.2 Å². The van der Waals surface area contributed by atoms with Crippen LogP contribution in [0.25, 0.3) is 0 Å². The summed E-state index contributed by atoms with van der Waals surface area (Å²) >= 11 is 0. The lowest BCUT2D eigenvalue weighted by Crippen LogP contribution is -2.50. The van der Waals surface area contributed by atoms with Crippen molar-refractivity contribution in [3.05, 3.63) is 0 Å². The van der Waals surface area contributed by atoms with Gasteiger partial charge in [0.2, 0.25) is 0 Å². The van der Waals surface area contributed by atoms with Crippen LogP contribution in [0, 0.1) is 5.92 Å². The lowest BCUT2D eigenvalue weighted by atomic mass is 9.86. The Balaban J connectivity index is 2.45. The second-order valence-corrected chi connectivity index (χ2v) is 8.53. The quantitative estimate of drug-likeness (QED) is 0.322. The predicted octanol–water partition coefficient (Wildman–Crippen LogP) is 2.97. The van der Waals surface area contributed by atoms with E-state index in [-0.39, 0.29) is 24.0 Å². The van der Waals surface area contributed by atoms with Gasteiger partial charge >= 0.3 is 12.1 Å². The van der Waals surface area contributed by atoms with Gasteiger partial charge in [0.1, 0.15) is 5.60 Å². The zero-order valence-electron chi connectivity index (χ0n) is 19.0. The maximum Gasteiger partial charge on any atom is 0.407 e. The lowest BCUT2D eigenvalue weighted by molar-refractivity contribution is -0.149. The Morgan fingerprint density at radius 3 is 2.31 bits per heavy atom. The predicted molar refractivity (Wildman–Crippen MR) is 115 cm³/mol. The second kappa shape index (κ2) is 12.5. The number of esters is 1. The highest BCUT2D eigenvalue weighted by atomic mass is 16.6. The smallest absolute Gasteiger partial charge is 0.407 e. The van der Waals surface area contributed by atoms with Gasteiger partial charge in [0.25, 0.3) is 0 Å². The molecule has 1 saturated carbocycles. The Morgan fingerprint density at radius 2 is 1.79 bits per heavy atom. The summed E-state index contributed by atoms with van der Waals surface area (Å²) in [5.74, 6) is 0.635. The van der Waals surface area contributed by atoms with Crippen LogP contribution in [0.1, 0.15) is 73.1 Å². The highest BCUT2D eigenvalue weighted by Crippen LogP contribution is 2.25. The van der Waals surface area contributed by atoms with Crippen LogP contribution in [0.15, 0.2) is 4.99 Å². The normalized spacial score (nSPS) is 21.1. The molecule has 1 amide bonds. The molecule has 8 nitrogen and oxygen atoms in total. The van der Waals surface area contributed by atoms with Gasteiger partial charge in [-0.25, -0.2) is 4.79 Å². The van der Waals surface area contributed by atoms with E-state index < -0.39 is 11.7 Å². The van der Waals surface area contributed by atoms with Crippen LogP contribution in [0.5, 0.6) is 0 Å². The number of carbonyl (C=O) groups excluding carboxylic acids is 2. The molecule has 168 valence electrons. The fourth-order valence-corrected chi connectivity index (χ4v) is 3.39. The number of hydrogen-bond acceptors (Lipinski definition) is 5. The Morgan fingerprint density at radius 1 is 1.14 bits per heavy atom. The van der Waals surface area contributed by atoms with Gasteiger partial charge in [-0.15, -0.1) is 0 Å². The van der Waals surface area contributed by atoms with Crippen molar-refractivity contribution >= 4 is 18.0 Å². The first-order valence-electron chi connectivity index (χ1n) is 10.8. The van der Waals surface area contributed by atoms with Crippen LogP contribution in [0.4, 0.5) is 4.79 Å². The summed E-state index contributed by atoms with van der Waals surface area (Å²) < 4.78 is 10.5. The number of nitrogens with one attached hydrogen (secondary N) is 3. The van der Waals surface area contributed by atoms with Gasteiger partial charge in [-0.05, 0) is 59.8 Å². The van der Waals surface area contributed by atoms with E-state index in [0.29, 0.717) is 19.1 Å². The fourth-order valence-electron chi connectivity index (χ4n) is 3.39. The average Bonchev–Trinajstić information content (AvgIpc) is 2.64. The van der Waals surface area contributed by atoms with Crippen LogP contribution in [0.3, 0.4) is 0 Å². The van der Waals surface area contributed by atoms with Gasteiger partial charge in [-0.2, -0.15) is 0 Å². The molecule has 0 aromatic carbocycles.